The third-order valence-electron chi connectivity index (χ3n) is 3.08. The van der Waals surface area contributed by atoms with Crippen molar-refractivity contribution in [1.82, 2.24) is 0 Å². The molecule has 110 valence electrons. The lowest BCUT2D eigenvalue weighted by Crippen LogP contribution is -2.21. The molecule has 0 spiro atoms. The van der Waals surface area contributed by atoms with Crippen LogP contribution in [0.4, 0.5) is 5.69 Å². The predicted octanol–water partition coefficient (Wildman–Crippen LogP) is 3.03. The number of carbonyl (C=O) groups is 1. The van der Waals surface area contributed by atoms with E-state index < -0.39 is 0 Å². The lowest BCUT2D eigenvalue weighted by atomic mass is 10.1. The van der Waals surface area contributed by atoms with Gasteiger partial charge in [-0.2, -0.15) is 0 Å². The molecule has 0 aliphatic carbocycles. The molecule has 0 saturated heterocycles. The summed E-state index contributed by atoms with van der Waals surface area (Å²) in [6, 6.07) is 15.0. The molecule has 2 aromatic carbocycles. The summed E-state index contributed by atoms with van der Waals surface area (Å²) in [7, 11) is 0. The van der Waals surface area contributed by atoms with Gasteiger partial charge in [-0.05, 0) is 37.6 Å². The van der Waals surface area contributed by atoms with E-state index in [2.05, 4.69) is 5.32 Å². The largest absolute Gasteiger partial charge is 0.483 e. The summed E-state index contributed by atoms with van der Waals surface area (Å²) in [4.78, 5) is 11.9. The highest BCUT2D eigenvalue weighted by Crippen LogP contribution is 2.25. The highest BCUT2D eigenvalue weighted by molar-refractivity contribution is 5.91. The van der Waals surface area contributed by atoms with Crippen molar-refractivity contribution < 1.29 is 9.53 Å². The van der Waals surface area contributed by atoms with E-state index in [0.717, 1.165) is 16.8 Å². The van der Waals surface area contributed by atoms with Crippen LogP contribution in [0, 0.1) is 6.92 Å². The molecule has 0 radical (unpaired) electrons. The molecule has 0 aliphatic rings. The Hall–Kier alpha value is -2.33. The number of hydrogen-bond donors (Lipinski definition) is 2. The highest BCUT2D eigenvalue weighted by atomic mass is 16.5. The second-order valence-corrected chi connectivity index (χ2v) is 5.03. The van der Waals surface area contributed by atoms with E-state index in [-0.39, 0.29) is 18.6 Å². The fourth-order valence-corrected chi connectivity index (χ4v) is 2.00. The van der Waals surface area contributed by atoms with Crippen molar-refractivity contribution in [3.8, 4) is 5.75 Å². The fourth-order valence-electron chi connectivity index (χ4n) is 2.00. The smallest absolute Gasteiger partial charge is 0.262 e. The first kappa shape index (κ1) is 15.1. The Bertz CT molecular complexity index is 609. The van der Waals surface area contributed by atoms with Crippen LogP contribution in [-0.4, -0.2) is 12.5 Å². The summed E-state index contributed by atoms with van der Waals surface area (Å²) in [5, 5.41) is 2.78. The Kier molecular flexibility index (Phi) is 4.95. The van der Waals surface area contributed by atoms with Gasteiger partial charge in [0.05, 0.1) is 0 Å². The van der Waals surface area contributed by atoms with Crippen LogP contribution in [0.2, 0.25) is 0 Å². The van der Waals surface area contributed by atoms with Crippen LogP contribution < -0.4 is 15.8 Å². The average molecular weight is 284 g/mol. The summed E-state index contributed by atoms with van der Waals surface area (Å²) in [5.74, 6) is 0.464. The number of hydrogen-bond acceptors (Lipinski definition) is 3. The van der Waals surface area contributed by atoms with Gasteiger partial charge in [-0.3, -0.25) is 4.79 Å². The number of benzene rings is 2. The summed E-state index contributed by atoms with van der Waals surface area (Å²) < 4.78 is 5.62. The summed E-state index contributed by atoms with van der Waals surface area (Å²) in [6.45, 7) is 3.82. The molecule has 0 saturated carbocycles. The van der Waals surface area contributed by atoms with E-state index in [1.54, 1.807) is 0 Å². The minimum atomic E-state index is -0.196. The zero-order valence-corrected chi connectivity index (χ0v) is 12.3. The molecule has 0 aromatic heterocycles. The summed E-state index contributed by atoms with van der Waals surface area (Å²) >= 11 is 0. The average Bonchev–Trinajstić information content (AvgIpc) is 2.46. The van der Waals surface area contributed by atoms with Crippen molar-refractivity contribution in [1.29, 1.82) is 0 Å². The SMILES string of the molecule is Cc1ccc(C(C)N)c(OCC(=O)Nc2ccccc2)c1. The number of aryl methyl sites for hydroxylation is 1. The van der Waals surface area contributed by atoms with Gasteiger partial charge >= 0.3 is 0 Å². The molecule has 2 aromatic rings. The van der Waals surface area contributed by atoms with Gasteiger partial charge in [0, 0.05) is 17.3 Å². The first-order chi connectivity index (χ1) is 10.1. The van der Waals surface area contributed by atoms with E-state index in [0.29, 0.717) is 5.75 Å². The summed E-state index contributed by atoms with van der Waals surface area (Å²) in [5.41, 5.74) is 8.63. The normalized spacial score (nSPS) is 11.8. The van der Waals surface area contributed by atoms with Gasteiger partial charge in [0.1, 0.15) is 5.75 Å². The van der Waals surface area contributed by atoms with Gasteiger partial charge in [-0.15, -0.1) is 0 Å². The molecule has 1 unspecified atom stereocenters. The number of carbonyl (C=O) groups excluding carboxylic acids is 1. The molecule has 2 rings (SSSR count). The molecule has 0 aliphatic heterocycles. The Morgan fingerprint density at radius 2 is 1.95 bits per heavy atom. The standard InChI is InChI=1S/C17H20N2O2/c1-12-8-9-15(13(2)18)16(10-12)21-11-17(20)19-14-6-4-3-5-7-14/h3-10,13H,11,18H2,1-2H3,(H,19,20). The molecular formula is C17H20N2O2. The molecule has 1 atom stereocenters. The van der Waals surface area contributed by atoms with E-state index >= 15 is 0 Å². The molecule has 0 fully saturated rings. The van der Waals surface area contributed by atoms with Crippen molar-refractivity contribution in [3.05, 3.63) is 59.7 Å². The second kappa shape index (κ2) is 6.90. The van der Waals surface area contributed by atoms with Gasteiger partial charge < -0.3 is 15.8 Å². The topological polar surface area (TPSA) is 64.3 Å². The van der Waals surface area contributed by atoms with Crippen molar-refractivity contribution in [3.63, 3.8) is 0 Å². The van der Waals surface area contributed by atoms with Crippen LogP contribution in [0.1, 0.15) is 24.1 Å². The fraction of sp³-hybridized carbons (Fsp3) is 0.235. The summed E-state index contributed by atoms with van der Waals surface area (Å²) in [6.07, 6.45) is 0. The number of anilines is 1. The lowest BCUT2D eigenvalue weighted by molar-refractivity contribution is -0.118. The lowest BCUT2D eigenvalue weighted by Gasteiger charge is -2.14. The third-order valence-corrected chi connectivity index (χ3v) is 3.08. The van der Waals surface area contributed by atoms with Crippen LogP contribution in [0.5, 0.6) is 5.75 Å². The Labute approximate surface area is 124 Å². The van der Waals surface area contributed by atoms with E-state index in [1.807, 2.05) is 62.4 Å². The Balaban J connectivity index is 1.99. The van der Waals surface area contributed by atoms with Crippen molar-refractivity contribution in [2.75, 3.05) is 11.9 Å². The van der Waals surface area contributed by atoms with Gasteiger partial charge in [-0.25, -0.2) is 0 Å². The van der Waals surface area contributed by atoms with Crippen LogP contribution in [-0.2, 0) is 4.79 Å². The molecular weight excluding hydrogens is 264 g/mol. The number of rotatable bonds is 5. The first-order valence-electron chi connectivity index (χ1n) is 6.90. The van der Waals surface area contributed by atoms with Crippen LogP contribution in [0.15, 0.2) is 48.5 Å². The van der Waals surface area contributed by atoms with Crippen molar-refractivity contribution in [2.24, 2.45) is 5.73 Å². The number of amides is 1. The number of ether oxygens (including phenoxy) is 1. The van der Waals surface area contributed by atoms with Gasteiger partial charge in [0.2, 0.25) is 0 Å². The molecule has 4 nitrogen and oxygen atoms in total. The van der Waals surface area contributed by atoms with E-state index in [1.165, 1.54) is 0 Å². The minimum absolute atomic E-state index is 0.0436. The highest BCUT2D eigenvalue weighted by Gasteiger charge is 2.10. The maximum absolute atomic E-state index is 11.9. The van der Waals surface area contributed by atoms with Crippen molar-refractivity contribution in [2.45, 2.75) is 19.9 Å². The second-order valence-electron chi connectivity index (χ2n) is 5.03. The number of para-hydroxylation sites is 1. The number of nitrogens with two attached hydrogens (primary N) is 1. The zero-order valence-electron chi connectivity index (χ0n) is 12.3. The van der Waals surface area contributed by atoms with Gasteiger partial charge in [0.25, 0.3) is 5.91 Å². The molecule has 21 heavy (non-hydrogen) atoms. The number of nitrogens with one attached hydrogen (secondary N) is 1. The third kappa shape index (κ3) is 4.33. The molecule has 4 heteroatoms. The predicted molar refractivity (Wildman–Crippen MR) is 84.3 cm³/mol. The van der Waals surface area contributed by atoms with Gasteiger partial charge in [0.15, 0.2) is 6.61 Å². The van der Waals surface area contributed by atoms with Crippen LogP contribution in [0.25, 0.3) is 0 Å². The monoisotopic (exact) mass is 284 g/mol. The quantitative estimate of drug-likeness (QED) is 0.887. The van der Waals surface area contributed by atoms with E-state index in [4.69, 9.17) is 10.5 Å². The molecule has 0 bridgehead atoms. The molecule has 3 N–H and O–H groups in total. The van der Waals surface area contributed by atoms with E-state index in [9.17, 15) is 4.79 Å². The van der Waals surface area contributed by atoms with Crippen LogP contribution in [0.3, 0.4) is 0 Å². The molecule has 1 amide bonds. The van der Waals surface area contributed by atoms with Crippen LogP contribution >= 0.6 is 0 Å². The minimum Gasteiger partial charge on any atom is -0.483 e. The van der Waals surface area contributed by atoms with Crippen molar-refractivity contribution >= 4 is 11.6 Å². The zero-order chi connectivity index (χ0) is 15.2. The van der Waals surface area contributed by atoms with Gasteiger partial charge in [-0.1, -0.05) is 30.3 Å². The Morgan fingerprint density at radius 3 is 2.62 bits per heavy atom. The molecule has 0 heterocycles. The maximum Gasteiger partial charge on any atom is 0.262 e. The Morgan fingerprint density at radius 1 is 1.24 bits per heavy atom. The first-order valence-corrected chi connectivity index (χ1v) is 6.90. The maximum atomic E-state index is 11.9.